The number of fused-ring (bicyclic) bond motifs is 5. The summed E-state index contributed by atoms with van der Waals surface area (Å²) in [6.07, 6.45) is 0. The van der Waals surface area contributed by atoms with E-state index in [9.17, 15) is 0 Å². The molecule has 0 aromatic heterocycles. The first-order valence-electron chi connectivity index (χ1n) is 4.79. The molecule has 2 bridgehead atoms. The Labute approximate surface area is 123 Å². The lowest BCUT2D eigenvalue weighted by molar-refractivity contribution is 0.730. The molecule has 1 aromatic carbocycles. The summed E-state index contributed by atoms with van der Waals surface area (Å²) >= 11 is 15.4. The zero-order chi connectivity index (χ0) is 10.8. The van der Waals surface area contributed by atoms with E-state index in [1.54, 1.807) is 0 Å². The molecular weight excluding hydrogens is 452 g/mol. The van der Waals surface area contributed by atoms with Crippen molar-refractivity contribution in [3.8, 4) is 0 Å². The van der Waals surface area contributed by atoms with Crippen LogP contribution in [0.4, 0.5) is 0 Å². The highest BCUT2D eigenvalue weighted by Gasteiger charge is 2.63. The van der Waals surface area contributed by atoms with E-state index < -0.39 is 0 Å². The monoisotopic (exact) mass is 456 g/mol. The minimum Gasteiger partial charge on any atom is -0.0871 e. The Morgan fingerprint density at radius 3 is 2.40 bits per heavy atom. The first kappa shape index (κ1) is 11.2. The molecule has 4 heteroatoms. The van der Waals surface area contributed by atoms with Gasteiger partial charge in [-0.2, -0.15) is 0 Å². The van der Waals surface area contributed by atoms with Crippen LogP contribution in [0.15, 0.2) is 24.3 Å². The van der Waals surface area contributed by atoms with Crippen molar-refractivity contribution in [2.75, 3.05) is 0 Å². The second kappa shape index (κ2) is 3.56. The molecule has 0 heterocycles. The normalized spacial score (nSPS) is 46.9. The summed E-state index contributed by atoms with van der Waals surface area (Å²) in [5, 5.41) is 0. The zero-order valence-electron chi connectivity index (χ0n) is 7.63. The maximum absolute atomic E-state index is 3.93. The van der Waals surface area contributed by atoms with Gasteiger partial charge in [0.1, 0.15) is 0 Å². The van der Waals surface area contributed by atoms with E-state index in [1.165, 1.54) is 11.1 Å². The van der Waals surface area contributed by atoms with Crippen LogP contribution in [0, 0.1) is 0 Å². The van der Waals surface area contributed by atoms with E-state index in [1.807, 2.05) is 0 Å². The van der Waals surface area contributed by atoms with Crippen LogP contribution in [-0.2, 0) is 4.32 Å². The second-order valence-electron chi connectivity index (χ2n) is 4.13. The van der Waals surface area contributed by atoms with E-state index in [2.05, 4.69) is 88.0 Å². The average Bonchev–Trinajstić information content (AvgIpc) is 2.56. The Hall–Kier alpha value is 1.14. The maximum Gasteiger partial charge on any atom is 0.0775 e. The van der Waals surface area contributed by atoms with Gasteiger partial charge in [-0.25, -0.2) is 0 Å². The molecule has 2 aliphatic carbocycles. The van der Waals surface area contributed by atoms with Crippen molar-refractivity contribution in [2.45, 2.75) is 24.7 Å². The maximum atomic E-state index is 3.93. The number of benzene rings is 1. The van der Waals surface area contributed by atoms with Crippen LogP contribution in [0.2, 0.25) is 0 Å². The summed E-state index contributed by atoms with van der Waals surface area (Å²) in [5.74, 6) is 0.546. The smallest absolute Gasteiger partial charge is 0.0775 e. The number of hydrogen-bond acceptors (Lipinski definition) is 0. The van der Waals surface area contributed by atoms with Crippen molar-refractivity contribution in [1.29, 1.82) is 0 Å². The molecule has 0 spiro atoms. The Kier molecular flexibility index (Phi) is 2.67. The number of alkyl halides is 4. The van der Waals surface area contributed by atoms with Gasteiger partial charge in [-0.05, 0) is 11.1 Å². The van der Waals surface area contributed by atoms with Crippen molar-refractivity contribution >= 4 is 63.7 Å². The van der Waals surface area contributed by atoms with Gasteiger partial charge >= 0.3 is 0 Å². The molecule has 0 radical (unpaired) electrons. The van der Waals surface area contributed by atoms with Crippen LogP contribution in [0.3, 0.4) is 0 Å². The standard InChI is InChI=1S/C11H8Br4/c12-8-7-5-3-1-2-4-6(5)11(15,9(7)13)10(8)14/h1-4,7-10H/t7-,8-,9?,10+,11+/m0/s1. The Bertz CT molecular complexity index is 419. The molecule has 0 N–H and O–H groups in total. The lowest BCUT2D eigenvalue weighted by atomic mass is 9.92. The van der Waals surface area contributed by atoms with Crippen LogP contribution in [0.1, 0.15) is 17.0 Å². The summed E-state index contributed by atoms with van der Waals surface area (Å²) in [5.41, 5.74) is 2.89. The summed E-state index contributed by atoms with van der Waals surface area (Å²) in [4.78, 5) is 1.36. The molecule has 0 aliphatic heterocycles. The molecule has 1 unspecified atom stereocenters. The lowest BCUT2D eigenvalue weighted by Gasteiger charge is -2.31. The molecule has 0 amide bonds. The lowest BCUT2D eigenvalue weighted by Crippen LogP contribution is -2.32. The summed E-state index contributed by atoms with van der Waals surface area (Å²) in [6.45, 7) is 0. The Balaban J connectivity index is 2.27. The van der Waals surface area contributed by atoms with Gasteiger partial charge in [0.15, 0.2) is 0 Å². The third-order valence-corrected chi connectivity index (χ3v) is 10.5. The van der Waals surface area contributed by atoms with E-state index >= 15 is 0 Å². The van der Waals surface area contributed by atoms with Crippen molar-refractivity contribution < 1.29 is 0 Å². The molecule has 0 saturated heterocycles. The van der Waals surface area contributed by atoms with Crippen LogP contribution in [0.5, 0.6) is 0 Å². The van der Waals surface area contributed by atoms with Crippen molar-refractivity contribution in [3.63, 3.8) is 0 Å². The summed E-state index contributed by atoms with van der Waals surface area (Å²) in [6, 6.07) is 8.71. The minimum absolute atomic E-state index is 0.0302. The first-order valence-corrected chi connectivity index (χ1v) is 8.33. The summed E-state index contributed by atoms with van der Waals surface area (Å²) < 4.78 is 0.0302. The Morgan fingerprint density at radius 1 is 1.00 bits per heavy atom. The molecule has 80 valence electrons. The van der Waals surface area contributed by atoms with E-state index in [0.717, 1.165) is 0 Å². The highest BCUT2D eigenvalue weighted by Crippen LogP contribution is 2.66. The number of hydrogen-bond donors (Lipinski definition) is 0. The van der Waals surface area contributed by atoms with Gasteiger partial charge in [-0.1, -0.05) is 88.0 Å². The fourth-order valence-electron chi connectivity index (χ4n) is 2.75. The number of halogens is 4. The number of rotatable bonds is 0. The molecule has 1 aromatic rings. The SMILES string of the molecule is BrC1[C@H]2c3ccccc3[C@]1(Br)[C@H](Br)[C@H]2Br. The molecule has 3 rings (SSSR count). The molecule has 0 nitrogen and oxygen atoms in total. The quantitative estimate of drug-likeness (QED) is 0.494. The van der Waals surface area contributed by atoms with E-state index in [4.69, 9.17) is 0 Å². The van der Waals surface area contributed by atoms with E-state index in [-0.39, 0.29) is 4.32 Å². The molecule has 1 saturated carbocycles. The van der Waals surface area contributed by atoms with Gasteiger partial charge in [0.05, 0.1) is 4.32 Å². The van der Waals surface area contributed by atoms with Crippen LogP contribution in [0.25, 0.3) is 0 Å². The van der Waals surface area contributed by atoms with Gasteiger partial charge < -0.3 is 0 Å². The molecule has 1 fully saturated rings. The summed E-state index contributed by atoms with van der Waals surface area (Å²) in [7, 11) is 0. The Morgan fingerprint density at radius 2 is 1.67 bits per heavy atom. The highest BCUT2D eigenvalue weighted by molar-refractivity contribution is 9.14. The predicted molar refractivity (Wildman–Crippen MR) is 77.9 cm³/mol. The fraction of sp³-hybridized carbons (Fsp3) is 0.455. The first-order chi connectivity index (χ1) is 7.08. The molecular formula is C11H8Br4. The van der Waals surface area contributed by atoms with Gasteiger partial charge in [0.2, 0.25) is 0 Å². The third kappa shape index (κ3) is 1.23. The average molecular weight is 460 g/mol. The third-order valence-electron chi connectivity index (χ3n) is 3.47. The second-order valence-corrected chi connectivity index (χ2v) is 8.47. The van der Waals surface area contributed by atoms with E-state index in [0.29, 0.717) is 20.4 Å². The van der Waals surface area contributed by atoms with Crippen LogP contribution < -0.4 is 0 Å². The largest absolute Gasteiger partial charge is 0.0871 e. The molecule has 15 heavy (non-hydrogen) atoms. The minimum atomic E-state index is 0.0302. The fourth-order valence-corrected chi connectivity index (χ4v) is 7.81. The van der Waals surface area contributed by atoms with Crippen molar-refractivity contribution in [1.82, 2.24) is 0 Å². The zero-order valence-corrected chi connectivity index (χ0v) is 14.0. The van der Waals surface area contributed by atoms with Crippen LogP contribution >= 0.6 is 63.7 Å². The topological polar surface area (TPSA) is 0 Å². The van der Waals surface area contributed by atoms with Gasteiger partial charge in [0, 0.05) is 20.4 Å². The van der Waals surface area contributed by atoms with Gasteiger partial charge in [0.25, 0.3) is 0 Å². The molecule has 2 aliphatic rings. The predicted octanol–water partition coefficient (Wildman–Crippen LogP) is 4.68. The molecule has 5 atom stereocenters. The highest BCUT2D eigenvalue weighted by atomic mass is 79.9. The van der Waals surface area contributed by atoms with Crippen LogP contribution in [-0.4, -0.2) is 14.5 Å². The van der Waals surface area contributed by atoms with Gasteiger partial charge in [-0.15, -0.1) is 0 Å². The van der Waals surface area contributed by atoms with Crippen molar-refractivity contribution in [2.24, 2.45) is 0 Å². The van der Waals surface area contributed by atoms with Crippen molar-refractivity contribution in [3.05, 3.63) is 35.4 Å². The van der Waals surface area contributed by atoms with Gasteiger partial charge in [-0.3, -0.25) is 0 Å².